The molecule has 0 bridgehead atoms. The number of carbonyl (C=O) groups excluding carboxylic acids is 2. The van der Waals surface area contributed by atoms with Crippen molar-refractivity contribution >= 4 is 28.3 Å². The van der Waals surface area contributed by atoms with E-state index in [1.807, 2.05) is 0 Å². The fraction of sp³-hybridized carbons (Fsp3) is 0.300. The highest BCUT2D eigenvalue weighted by atomic mass is 19.3. The van der Waals surface area contributed by atoms with Crippen molar-refractivity contribution in [3.05, 3.63) is 42.1 Å². The summed E-state index contributed by atoms with van der Waals surface area (Å²) in [6, 6.07) is 3.28. The van der Waals surface area contributed by atoms with E-state index in [-0.39, 0.29) is 11.5 Å². The van der Waals surface area contributed by atoms with Gasteiger partial charge in [-0.2, -0.15) is 0 Å². The lowest BCUT2D eigenvalue weighted by molar-refractivity contribution is -0.118. The lowest BCUT2D eigenvalue weighted by Crippen LogP contribution is -2.21. The predicted octanol–water partition coefficient (Wildman–Crippen LogP) is 2.28. The number of halogens is 2. The predicted molar refractivity (Wildman–Crippen MR) is 105 cm³/mol. The van der Waals surface area contributed by atoms with E-state index in [2.05, 4.69) is 20.0 Å². The standard InChI is InChI=1S/C20H19F2N3O6/c1-28-3-4-30-18-7-12-11(5-17(18)29-2)20(24-10-23-12)25-13-6-15(27)16(8-14(13)26)31-9-19(21)22/h5-8,10,19H,3-4,9H2,1-2H3,(H,23,24,25). The van der Waals surface area contributed by atoms with Gasteiger partial charge in [0.25, 0.3) is 6.43 Å². The second kappa shape index (κ2) is 9.94. The second-order valence-electron chi connectivity index (χ2n) is 6.21. The smallest absolute Gasteiger partial charge is 0.272 e. The Morgan fingerprint density at radius 2 is 1.81 bits per heavy atom. The molecule has 0 fully saturated rings. The molecule has 0 unspecified atom stereocenters. The lowest BCUT2D eigenvalue weighted by atomic mass is 10.1. The average Bonchev–Trinajstić information content (AvgIpc) is 2.74. The first-order valence-corrected chi connectivity index (χ1v) is 9.07. The molecule has 0 spiro atoms. The van der Waals surface area contributed by atoms with Crippen molar-refractivity contribution in [1.82, 2.24) is 9.97 Å². The highest BCUT2D eigenvalue weighted by molar-refractivity contribution is 6.20. The van der Waals surface area contributed by atoms with E-state index in [0.29, 0.717) is 35.6 Å². The molecule has 0 saturated carbocycles. The number of allylic oxidation sites excluding steroid dienone is 2. The van der Waals surface area contributed by atoms with Gasteiger partial charge in [-0.25, -0.2) is 18.7 Å². The number of rotatable bonds is 10. The number of alkyl halides is 2. The molecule has 0 radical (unpaired) electrons. The van der Waals surface area contributed by atoms with Crippen LogP contribution in [0.3, 0.4) is 0 Å². The summed E-state index contributed by atoms with van der Waals surface area (Å²) in [4.78, 5) is 32.8. The maximum atomic E-state index is 12.3. The highest BCUT2D eigenvalue weighted by Crippen LogP contribution is 2.34. The van der Waals surface area contributed by atoms with E-state index in [1.165, 1.54) is 13.4 Å². The van der Waals surface area contributed by atoms with Crippen LogP contribution in [-0.2, 0) is 19.1 Å². The number of aromatic nitrogens is 2. The van der Waals surface area contributed by atoms with E-state index >= 15 is 0 Å². The first kappa shape index (κ1) is 22.1. The molecule has 1 aromatic carbocycles. The Balaban J connectivity index is 1.86. The van der Waals surface area contributed by atoms with E-state index in [9.17, 15) is 18.4 Å². The fourth-order valence-electron chi connectivity index (χ4n) is 2.70. The molecule has 0 amide bonds. The summed E-state index contributed by atoms with van der Waals surface area (Å²) in [6.07, 6.45) is 0.340. The number of carbonyl (C=O) groups is 2. The third-order valence-corrected chi connectivity index (χ3v) is 4.13. The van der Waals surface area contributed by atoms with Gasteiger partial charge in [-0.1, -0.05) is 0 Å². The Morgan fingerprint density at radius 1 is 1.00 bits per heavy atom. The number of ketones is 2. The van der Waals surface area contributed by atoms with Gasteiger partial charge in [0.05, 0.1) is 24.9 Å². The largest absolute Gasteiger partial charge is 0.493 e. The van der Waals surface area contributed by atoms with Crippen molar-refractivity contribution in [2.75, 3.05) is 39.4 Å². The lowest BCUT2D eigenvalue weighted by Gasteiger charge is -2.16. The summed E-state index contributed by atoms with van der Waals surface area (Å²) >= 11 is 0. The third kappa shape index (κ3) is 5.31. The summed E-state index contributed by atoms with van der Waals surface area (Å²) in [5.74, 6) is -0.685. The molecule has 1 heterocycles. The minimum atomic E-state index is -2.77. The number of methoxy groups -OCH3 is 2. The number of anilines is 1. The molecule has 0 saturated heterocycles. The summed E-state index contributed by atoms with van der Waals surface area (Å²) in [5, 5.41) is 3.29. The van der Waals surface area contributed by atoms with Crippen molar-refractivity contribution < 1.29 is 37.3 Å². The quantitative estimate of drug-likeness (QED) is 0.444. The Kier molecular flexibility index (Phi) is 7.08. The molecular weight excluding hydrogens is 416 g/mol. The van der Waals surface area contributed by atoms with Crippen molar-refractivity contribution in [2.45, 2.75) is 6.43 Å². The van der Waals surface area contributed by atoms with Crippen molar-refractivity contribution in [2.24, 2.45) is 0 Å². The molecule has 164 valence electrons. The van der Waals surface area contributed by atoms with Crippen LogP contribution in [0.4, 0.5) is 14.6 Å². The maximum absolute atomic E-state index is 12.3. The van der Waals surface area contributed by atoms with E-state index in [1.54, 1.807) is 19.2 Å². The summed E-state index contributed by atoms with van der Waals surface area (Å²) < 4.78 is 45.2. The highest BCUT2D eigenvalue weighted by Gasteiger charge is 2.23. The first-order chi connectivity index (χ1) is 14.9. The van der Waals surface area contributed by atoms with Gasteiger partial charge >= 0.3 is 0 Å². The Morgan fingerprint density at radius 3 is 2.52 bits per heavy atom. The normalized spacial score (nSPS) is 13.8. The SMILES string of the molecule is COCCOc1cc2ncnc(NC3=CC(=O)C(OCC(F)F)=CC3=O)c2cc1OC. The topological polar surface area (TPSA) is 109 Å². The molecule has 0 aliphatic heterocycles. The van der Waals surface area contributed by atoms with Gasteiger partial charge in [-0.15, -0.1) is 0 Å². The van der Waals surface area contributed by atoms with Crippen LogP contribution in [0.1, 0.15) is 0 Å². The van der Waals surface area contributed by atoms with Crippen LogP contribution in [0.2, 0.25) is 0 Å². The Bertz CT molecular complexity index is 1050. The van der Waals surface area contributed by atoms with Gasteiger partial charge in [0.15, 0.2) is 17.3 Å². The Labute approximate surface area is 175 Å². The molecule has 31 heavy (non-hydrogen) atoms. The van der Waals surface area contributed by atoms with Crippen molar-refractivity contribution in [3.63, 3.8) is 0 Å². The van der Waals surface area contributed by atoms with Gasteiger partial charge in [-0.05, 0) is 6.07 Å². The van der Waals surface area contributed by atoms with Crippen LogP contribution in [0.5, 0.6) is 11.5 Å². The monoisotopic (exact) mass is 435 g/mol. The van der Waals surface area contributed by atoms with Crippen molar-refractivity contribution in [1.29, 1.82) is 0 Å². The molecule has 0 atom stereocenters. The number of hydrogen-bond acceptors (Lipinski definition) is 9. The average molecular weight is 435 g/mol. The van der Waals surface area contributed by atoms with Crippen LogP contribution in [-0.4, -0.2) is 62.0 Å². The minimum Gasteiger partial charge on any atom is -0.493 e. The zero-order valence-corrected chi connectivity index (χ0v) is 16.7. The van der Waals surface area contributed by atoms with Crippen molar-refractivity contribution in [3.8, 4) is 11.5 Å². The van der Waals surface area contributed by atoms with Gasteiger partial charge in [0.1, 0.15) is 25.4 Å². The zero-order chi connectivity index (χ0) is 22.4. The second-order valence-corrected chi connectivity index (χ2v) is 6.21. The summed E-state index contributed by atoms with van der Waals surface area (Å²) in [5.41, 5.74) is 0.409. The molecule has 3 rings (SSSR count). The number of ether oxygens (including phenoxy) is 4. The molecule has 1 aliphatic carbocycles. The van der Waals surface area contributed by atoms with Crippen LogP contribution >= 0.6 is 0 Å². The number of fused-ring (bicyclic) bond motifs is 1. The Hall–Kier alpha value is -3.60. The number of hydrogen-bond donors (Lipinski definition) is 1. The summed E-state index contributed by atoms with van der Waals surface area (Å²) in [7, 11) is 3.03. The van der Waals surface area contributed by atoms with E-state index in [0.717, 1.165) is 12.2 Å². The molecule has 2 aromatic rings. The van der Waals surface area contributed by atoms with Crippen LogP contribution in [0, 0.1) is 0 Å². The van der Waals surface area contributed by atoms with E-state index in [4.69, 9.17) is 14.2 Å². The summed E-state index contributed by atoms with van der Waals surface area (Å²) in [6.45, 7) is -0.286. The molecule has 1 N–H and O–H groups in total. The molecule has 1 aromatic heterocycles. The first-order valence-electron chi connectivity index (χ1n) is 9.07. The van der Waals surface area contributed by atoms with Crippen LogP contribution in [0.15, 0.2) is 42.1 Å². The molecule has 1 aliphatic rings. The number of benzene rings is 1. The molecule has 11 heteroatoms. The fourth-order valence-corrected chi connectivity index (χ4v) is 2.70. The van der Waals surface area contributed by atoms with Gasteiger partial charge < -0.3 is 24.3 Å². The van der Waals surface area contributed by atoms with Gasteiger partial charge in [0, 0.05) is 30.7 Å². The minimum absolute atomic E-state index is 0.0891. The zero-order valence-electron chi connectivity index (χ0n) is 16.7. The van der Waals surface area contributed by atoms with Gasteiger partial charge in [-0.3, -0.25) is 9.59 Å². The maximum Gasteiger partial charge on any atom is 0.272 e. The number of nitrogens with zero attached hydrogens (tertiary/aromatic N) is 2. The van der Waals surface area contributed by atoms with Crippen LogP contribution < -0.4 is 14.8 Å². The third-order valence-electron chi connectivity index (χ3n) is 4.13. The van der Waals surface area contributed by atoms with Gasteiger partial charge in [0.2, 0.25) is 11.6 Å². The molecular formula is C20H19F2N3O6. The van der Waals surface area contributed by atoms with E-state index < -0.39 is 30.4 Å². The number of nitrogens with one attached hydrogen (secondary N) is 1. The molecule has 9 nitrogen and oxygen atoms in total. The van der Waals surface area contributed by atoms with Crippen LogP contribution in [0.25, 0.3) is 10.9 Å².